The predicted octanol–water partition coefficient (Wildman–Crippen LogP) is 2.68. The molecule has 0 amide bonds. The molecule has 3 rings (SSSR count). The lowest BCUT2D eigenvalue weighted by Crippen LogP contribution is -2.19. The predicted molar refractivity (Wildman–Crippen MR) is 104 cm³/mol. The molecule has 0 aliphatic rings. The summed E-state index contributed by atoms with van der Waals surface area (Å²) >= 11 is 0. The van der Waals surface area contributed by atoms with Gasteiger partial charge < -0.3 is 14.8 Å². The van der Waals surface area contributed by atoms with Crippen LogP contribution in [0.3, 0.4) is 0 Å². The molecule has 0 unspecified atom stereocenters. The van der Waals surface area contributed by atoms with Crippen LogP contribution in [0.15, 0.2) is 53.3 Å². The topological polar surface area (TPSA) is 106 Å². The van der Waals surface area contributed by atoms with E-state index >= 15 is 0 Å². The first-order valence-electron chi connectivity index (χ1n) is 8.72. The number of para-hydroxylation sites is 1. The second-order valence-corrected chi connectivity index (χ2v) is 5.87. The van der Waals surface area contributed by atoms with Crippen molar-refractivity contribution < 1.29 is 14.3 Å². The number of carbonyl (C=O) groups is 1. The minimum atomic E-state index is -0.495. The van der Waals surface area contributed by atoms with E-state index in [0.29, 0.717) is 24.3 Å². The molecule has 0 spiro atoms. The summed E-state index contributed by atoms with van der Waals surface area (Å²) in [5.74, 6) is 0.414. The van der Waals surface area contributed by atoms with Crippen LogP contribution in [-0.2, 0) is 11.2 Å². The summed E-state index contributed by atoms with van der Waals surface area (Å²) in [5, 5.41) is 10.9. The van der Waals surface area contributed by atoms with E-state index in [4.69, 9.17) is 9.47 Å². The van der Waals surface area contributed by atoms with E-state index < -0.39 is 5.97 Å². The van der Waals surface area contributed by atoms with Crippen molar-refractivity contribution >= 4 is 17.6 Å². The number of rotatable bonds is 7. The Morgan fingerprint density at radius 1 is 1.11 bits per heavy atom. The van der Waals surface area contributed by atoms with Crippen molar-refractivity contribution in [1.29, 1.82) is 0 Å². The number of benzene rings is 2. The van der Waals surface area contributed by atoms with Crippen molar-refractivity contribution in [2.24, 2.45) is 0 Å². The average molecular weight is 380 g/mol. The normalized spacial score (nSPS) is 10.4. The second kappa shape index (κ2) is 8.81. The van der Waals surface area contributed by atoms with Crippen molar-refractivity contribution in [3.63, 3.8) is 0 Å². The molecular weight excluding hydrogens is 360 g/mol. The summed E-state index contributed by atoms with van der Waals surface area (Å²) in [6.45, 7) is 2.51. The van der Waals surface area contributed by atoms with Crippen LogP contribution in [0.1, 0.15) is 28.5 Å². The Morgan fingerprint density at radius 3 is 2.54 bits per heavy atom. The van der Waals surface area contributed by atoms with E-state index in [1.807, 2.05) is 31.2 Å². The fourth-order valence-corrected chi connectivity index (χ4v) is 2.60. The number of aromatic amines is 1. The van der Waals surface area contributed by atoms with Crippen LogP contribution < -0.4 is 15.6 Å². The number of methoxy groups -OCH3 is 1. The van der Waals surface area contributed by atoms with Gasteiger partial charge in [0.2, 0.25) is 5.95 Å². The first-order chi connectivity index (χ1) is 13.6. The second-order valence-electron chi connectivity index (χ2n) is 5.87. The number of hydrogen-bond donors (Lipinski definition) is 2. The number of nitrogens with one attached hydrogen (secondary N) is 2. The van der Waals surface area contributed by atoms with Gasteiger partial charge in [0.1, 0.15) is 11.4 Å². The van der Waals surface area contributed by atoms with Crippen LogP contribution in [0.4, 0.5) is 11.6 Å². The number of H-pyrrole nitrogens is 1. The minimum Gasteiger partial charge on any atom is -0.494 e. The Balaban J connectivity index is 1.76. The van der Waals surface area contributed by atoms with E-state index in [9.17, 15) is 9.59 Å². The summed E-state index contributed by atoms with van der Waals surface area (Å²) in [4.78, 5) is 26.8. The highest BCUT2D eigenvalue weighted by Crippen LogP contribution is 2.19. The summed E-state index contributed by atoms with van der Waals surface area (Å²) < 4.78 is 10.2. The van der Waals surface area contributed by atoms with Gasteiger partial charge in [0.05, 0.1) is 25.0 Å². The number of aromatic nitrogens is 3. The first kappa shape index (κ1) is 19.1. The summed E-state index contributed by atoms with van der Waals surface area (Å²) in [6.07, 6.45) is 0.341. The lowest BCUT2D eigenvalue weighted by atomic mass is 10.1. The van der Waals surface area contributed by atoms with Crippen LogP contribution in [0.5, 0.6) is 5.75 Å². The molecule has 28 heavy (non-hydrogen) atoms. The Bertz CT molecular complexity index is 1020. The zero-order valence-electron chi connectivity index (χ0n) is 15.6. The number of nitrogens with zero attached hydrogens (tertiary/aromatic N) is 2. The Labute approximate surface area is 161 Å². The van der Waals surface area contributed by atoms with Crippen molar-refractivity contribution in [3.8, 4) is 5.75 Å². The van der Waals surface area contributed by atoms with Gasteiger partial charge in [-0.2, -0.15) is 0 Å². The SMILES string of the molecule is CCOc1ccc(Cc2nnc(Nc3ccccc3C(=O)OC)[nH]c2=O)cc1. The maximum absolute atomic E-state index is 12.4. The maximum atomic E-state index is 12.4. The molecule has 1 aromatic heterocycles. The Morgan fingerprint density at radius 2 is 1.86 bits per heavy atom. The number of ether oxygens (including phenoxy) is 2. The van der Waals surface area contributed by atoms with Gasteiger partial charge in [-0.25, -0.2) is 4.79 Å². The van der Waals surface area contributed by atoms with Gasteiger partial charge >= 0.3 is 5.97 Å². The van der Waals surface area contributed by atoms with Crippen LogP contribution in [0.2, 0.25) is 0 Å². The van der Waals surface area contributed by atoms with Gasteiger partial charge in [0, 0.05) is 6.42 Å². The number of carbonyl (C=O) groups excluding carboxylic acids is 1. The van der Waals surface area contributed by atoms with E-state index in [1.165, 1.54) is 7.11 Å². The van der Waals surface area contributed by atoms with Crippen LogP contribution in [0, 0.1) is 0 Å². The highest BCUT2D eigenvalue weighted by molar-refractivity contribution is 5.96. The summed E-state index contributed by atoms with van der Waals surface area (Å²) in [5.41, 5.74) is 1.63. The summed E-state index contributed by atoms with van der Waals surface area (Å²) in [6, 6.07) is 14.2. The van der Waals surface area contributed by atoms with Gasteiger partial charge in [0.25, 0.3) is 5.56 Å². The quantitative estimate of drug-likeness (QED) is 0.607. The zero-order chi connectivity index (χ0) is 19.9. The molecule has 3 aromatic rings. The smallest absolute Gasteiger partial charge is 0.339 e. The molecule has 8 heteroatoms. The fraction of sp³-hybridized carbons (Fsp3) is 0.200. The van der Waals surface area contributed by atoms with E-state index in [2.05, 4.69) is 20.5 Å². The molecule has 1 heterocycles. The lowest BCUT2D eigenvalue weighted by molar-refractivity contribution is 0.0602. The Kier molecular flexibility index (Phi) is 6.01. The van der Waals surface area contributed by atoms with Crippen molar-refractivity contribution in [3.05, 3.63) is 75.7 Å². The zero-order valence-corrected chi connectivity index (χ0v) is 15.6. The third-order valence-corrected chi connectivity index (χ3v) is 3.96. The molecule has 2 N–H and O–H groups in total. The van der Waals surface area contributed by atoms with Crippen LogP contribution in [-0.4, -0.2) is 34.9 Å². The maximum Gasteiger partial charge on any atom is 0.339 e. The average Bonchev–Trinajstić information content (AvgIpc) is 2.71. The molecule has 0 atom stereocenters. The molecule has 2 aromatic carbocycles. The lowest BCUT2D eigenvalue weighted by Gasteiger charge is -2.09. The molecule has 144 valence electrons. The highest BCUT2D eigenvalue weighted by Gasteiger charge is 2.13. The largest absolute Gasteiger partial charge is 0.494 e. The van der Waals surface area contributed by atoms with Gasteiger partial charge in [0.15, 0.2) is 0 Å². The van der Waals surface area contributed by atoms with Crippen LogP contribution in [0.25, 0.3) is 0 Å². The molecule has 8 nitrogen and oxygen atoms in total. The van der Waals surface area contributed by atoms with E-state index in [1.54, 1.807) is 24.3 Å². The molecule has 0 saturated carbocycles. The molecule has 0 aliphatic carbocycles. The standard InChI is InChI=1S/C20H20N4O4/c1-3-28-14-10-8-13(9-11-14)12-17-18(25)22-20(24-23-17)21-16-7-5-4-6-15(16)19(26)27-2/h4-11H,3,12H2,1-2H3,(H2,21,22,24,25). The number of hydrogen-bond acceptors (Lipinski definition) is 7. The molecule has 0 fully saturated rings. The molecule has 0 bridgehead atoms. The van der Waals surface area contributed by atoms with Crippen molar-refractivity contribution in [2.45, 2.75) is 13.3 Å². The van der Waals surface area contributed by atoms with Crippen LogP contribution >= 0.6 is 0 Å². The Hall–Kier alpha value is -3.68. The van der Waals surface area contributed by atoms with Gasteiger partial charge in [-0.05, 0) is 36.8 Å². The van der Waals surface area contributed by atoms with E-state index in [0.717, 1.165) is 11.3 Å². The third kappa shape index (κ3) is 4.53. The number of anilines is 2. The third-order valence-electron chi connectivity index (χ3n) is 3.96. The highest BCUT2D eigenvalue weighted by atomic mass is 16.5. The van der Waals surface area contributed by atoms with Gasteiger partial charge in [-0.1, -0.05) is 24.3 Å². The van der Waals surface area contributed by atoms with Gasteiger partial charge in [-0.15, -0.1) is 10.2 Å². The molecular formula is C20H20N4O4. The molecule has 0 saturated heterocycles. The fourth-order valence-electron chi connectivity index (χ4n) is 2.60. The first-order valence-corrected chi connectivity index (χ1v) is 8.72. The van der Waals surface area contributed by atoms with Crippen molar-refractivity contribution in [2.75, 3.05) is 19.0 Å². The monoisotopic (exact) mass is 380 g/mol. The van der Waals surface area contributed by atoms with E-state index in [-0.39, 0.29) is 17.2 Å². The molecule has 0 aliphatic heterocycles. The number of esters is 1. The van der Waals surface area contributed by atoms with Crippen molar-refractivity contribution in [1.82, 2.24) is 15.2 Å². The summed E-state index contributed by atoms with van der Waals surface area (Å²) in [7, 11) is 1.30. The van der Waals surface area contributed by atoms with Gasteiger partial charge in [-0.3, -0.25) is 9.78 Å². The molecule has 0 radical (unpaired) electrons. The minimum absolute atomic E-state index is 0.136.